The maximum Gasteiger partial charge on any atom is 0.0650 e. The van der Waals surface area contributed by atoms with Gasteiger partial charge in [-0.1, -0.05) is 54.9 Å². The molecule has 0 saturated carbocycles. The van der Waals surface area contributed by atoms with Crippen molar-refractivity contribution in [1.82, 2.24) is 5.32 Å². The molecule has 3 N–H and O–H groups in total. The van der Waals surface area contributed by atoms with Gasteiger partial charge in [0.2, 0.25) is 0 Å². The monoisotopic (exact) mass is 368 g/mol. The predicted octanol–water partition coefficient (Wildman–Crippen LogP) is 4.83. The first-order chi connectivity index (χ1) is 10.1. The summed E-state index contributed by atoms with van der Waals surface area (Å²) in [7, 11) is 0. The Labute approximate surface area is 140 Å². The van der Waals surface area contributed by atoms with Crippen molar-refractivity contribution >= 4 is 33.2 Å². The van der Waals surface area contributed by atoms with E-state index >= 15 is 0 Å². The Morgan fingerprint density at radius 3 is 2.14 bits per heavy atom. The van der Waals surface area contributed by atoms with E-state index in [0.717, 1.165) is 24.0 Å². The first kappa shape index (κ1) is 18.0. The van der Waals surface area contributed by atoms with Crippen molar-refractivity contribution in [3.8, 4) is 0 Å². The molecule has 0 amide bonds. The molecule has 0 aromatic heterocycles. The Balaban J connectivity index is 0.000000304. The van der Waals surface area contributed by atoms with Gasteiger partial charge in [-0.05, 0) is 59.6 Å². The zero-order valence-corrected chi connectivity index (χ0v) is 14.8. The van der Waals surface area contributed by atoms with E-state index in [1.165, 1.54) is 11.1 Å². The van der Waals surface area contributed by atoms with Crippen molar-refractivity contribution in [1.29, 1.82) is 0 Å². The van der Waals surface area contributed by atoms with Gasteiger partial charge in [-0.25, -0.2) is 0 Å². The normalized spacial score (nSPS) is 9.90. The number of anilines is 1. The third kappa shape index (κ3) is 6.08. The van der Waals surface area contributed by atoms with Crippen LogP contribution in [-0.4, -0.2) is 13.1 Å². The topological polar surface area (TPSA) is 38.0 Å². The molecule has 0 saturated heterocycles. The van der Waals surface area contributed by atoms with Crippen LogP contribution >= 0.6 is 27.5 Å². The van der Waals surface area contributed by atoms with Gasteiger partial charge in [0, 0.05) is 4.47 Å². The van der Waals surface area contributed by atoms with Gasteiger partial charge in [0.05, 0.1) is 10.7 Å². The van der Waals surface area contributed by atoms with Crippen LogP contribution in [-0.2, 0) is 6.42 Å². The molecule has 0 unspecified atom stereocenters. The average molecular weight is 370 g/mol. The van der Waals surface area contributed by atoms with E-state index in [1.54, 1.807) is 0 Å². The van der Waals surface area contributed by atoms with Crippen LogP contribution in [0.4, 0.5) is 5.69 Å². The number of hydrogen-bond acceptors (Lipinski definition) is 2. The molecule has 0 bridgehead atoms. The third-order valence-electron chi connectivity index (χ3n) is 3.05. The molecule has 0 radical (unpaired) electrons. The van der Waals surface area contributed by atoms with Crippen molar-refractivity contribution in [2.24, 2.45) is 0 Å². The van der Waals surface area contributed by atoms with Gasteiger partial charge in [0.25, 0.3) is 0 Å². The van der Waals surface area contributed by atoms with Crippen LogP contribution in [0.2, 0.25) is 5.02 Å². The van der Waals surface area contributed by atoms with Crippen molar-refractivity contribution in [3.63, 3.8) is 0 Å². The minimum Gasteiger partial charge on any atom is -0.397 e. The largest absolute Gasteiger partial charge is 0.397 e. The molecule has 0 heterocycles. The van der Waals surface area contributed by atoms with E-state index in [0.29, 0.717) is 10.7 Å². The van der Waals surface area contributed by atoms with Crippen LogP contribution in [0.25, 0.3) is 0 Å². The summed E-state index contributed by atoms with van der Waals surface area (Å²) in [5.41, 5.74) is 8.90. The molecule has 21 heavy (non-hydrogen) atoms. The fourth-order valence-electron chi connectivity index (χ4n) is 1.88. The number of rotatable bonds is 4. The SMILES string of the molecule is CCNCCc1c(C)cc(Cl)c(N)c1Br.c1ccccc1. The third-order valence-corrected chi connectivity index (χ3v) is 4.26. The number of nitrogens with two attached hydrogens (primary N) is 1. The average Bonchev–Trinajstić information content (AvgIpc) is 2.51. The highest BCUT2D eigenvalue weighted by Crippen LogP contribution is 2.33. The van der Waals surface area contributed by atoms with Crippen LogP contribution in [0.3, 0.4) is 0 Å². The lowest BCUT2D eigenvalue weighted by Gasteiger charge is -2.12. The minimum absolute atomic E-state index is 0.617. The number of nitrogens with one attached hydrogen (secondary N) is 1. The van der Waals surface area contributed by atoms with Gasteiger partial charge in [0.15, 0.2) is 0 Å². The zero-order valence-electron chi connectivity index (χ0n) is 12.5. The number of hydrogen-bond donors (Lipinski definition) is 2. The highest BCUT2D eigenvalue weighted by molar-refractivity contribution is 9.10. The van der Waals surface area contributed by atoms with Gasteiger partial charge in [-0.15, -0.1) is 0 Å². The van der Waals surface area contributed by atoms with E-state index in [-0.39, 0.29) is 0 Å². The maximum absolute atomic E-state index is 5.98. The molecule has 4 heteroatoms. The summed E-state index contributed by atoms with van der Waals surface area (Å²) in [5.74, 6) is 0. The molecule has 0 atom stereocenters. The van der Waals surface area contributed by atoms with Gasteiger partial charge >= 0.3 is 0 Å². The van der Waals surface area contributed by atoms with E-state index < -0.39 is 0 Å². The van der Waals surface area contributed by atoms with Gasteiger partial charge in [-0.2, -0.15) is 0 Å². The fraction of sp³-hybridized carbons (Fsp3) is 0.294. The van der Waals surface area contributed by atoms with Gasteiger partial charge in [-0.3, -0.25) is 0 Å². The molecule has 2 aromatic carbocycles. The zero-order chi connectivity index (χ0) is 15.7. The maximum atomic E-state index is 5.98. The second-order valence-electron chi connectivity index (χ2n) is 4.64. The number of likely N-dealkylation sites (N-methyl/N-ethyl adjacent to an activating group) is 1. The van der Waals surface area contributed by atoms with Crippen LogP contribution < -0.4 is 11.1 Å². The van der Waals surface area contributed by atoms with Crippen molar-refractivity contribution in [2.45, 2.75) is 20.3 Å². The second kappa shape index (κ2) is 9.82. The standard InChI is InChI=1S/C11H16BrClN2.C6H6/c1-3-15-5-4-8-7(2)6-9(13)11(14)10(8)12;1-2-4-6-5-3-1/h6,15H,3-5,14H2,1-2H3;1-6H. The summed E-state index contributed by atoms with van der Waals surface area (Å²) in [6.07, 6.45) is 0.960. The minimum atomic E-state index is 0.617. The van der Waals surface area contributed by atoms with Gasteiger partial charge < -0.3 is 11.1 Å². The molecular formula is C17H22BrClN2. The summed E-state index contributed by atoms with van der Waals surface area (Å²) < 4.78 is 0.936. The summed E-state index contributed by atoms with van der Waals surface area (Å²) >= 11 is 9.48. The summed E-state index contributed by atoms with van der Waals surface area (Å²) in [6.45, 7) is 6.09. The highest BCUT2D eigenvalue weighted by Gasteiger charge is 2.10. The summed E-state index contributed by atoms with van der Waals surface area (Å²) in [6, 6.07) is 13.9. The lowest BCUT2D eigenvalue weighted by molar-refractivity contribution is 0.714. The van der Waals surface area contributed by atoms with Gasteiger partial charge in [0.1, 0.15) is 0 Å². The number of aryl methyl sites for hydroxylation is 1. The molecular weight excluding hydrogens is 348 g/mol. The lowest BCUT2D eigenvalue weighted by Crippen LogP contribution is -2.17. The number of benzene rings is 2. The van der Waals surface area contributed by atoms with Crippen LogP contribution in [0.15, 0.2) is 46.9 Å². The van der Waals surface area contributed by atoms with Crippen molar-refractivity contribution in [2.75, 3.05) is 18.8 Å². The first-order valence-electron chi connectivity index (χ1n) is 7.01. The molecule has 0 aliphatic carbocycles. The molecule has 0 aliphatic rings. The first-order valence-corrected chi connectivity index (χ1v) is 8.18. The quantitative estimate of drug-likeness (QED) is 0.598. The Morgan fingerprint density at radius 1 is 1.14 bits per heavy atom. The number of nitrogen functional groups attached to an aromatic ring is 1. The molecule has 2 aromatic rings. The number of halogens is 2. The van der Waals surface area contributed by atoms with E-state index in [1.807, 2.05) is 42.5 Å². The summed E-state index contributed by atoms with van der Waals surface area (Å²) in [4.78, 5) is 0. The predicted molar refractivity (Wildman–Crippen MR) is 97.0 cm³/mol. The Morgan fingerprint density at radius 2 is 1.67 bits per heavy atom. The van der Waals surface area contributed by atoms with Crippen molar-refractivity contribution < 1.29 is 0 Å². The molecule has 114 valence electrons. The highest BCUT2D eigenvalue weighted by atomic mass is 79.9. The smallest absolute Gasteiger partial charge is 0.0650 e. The molecule has 2 rings (SSSR count). The van der Waals surface area contributed by atoms with E-state index in [2.05, 4.69) is 35.1 Å². The Kier molecular flexibility index (Phi) is 8.43. The second-order valence-corrected chi connectivity index (χ2v) is 5.84. The lowest BCUT2D eigenvalue weighted by atomic mass is 10.0. The molecule has 0 fully saturated rings. The Bertz CT molecular complexity index is 518. The van der Waals surface area contributed by atoms with Crippen LogP contribution in [0.1, 0.15) is 18.1 Å². The fourth-order valence-corrected chi connectivity index (χ4v) is 2.97. The Hall–Kier alpha value is -1.03. The molecule has 2 nitrogen and oxygen atoms in total. The molecule has 0 spiro atoms. The van der Waals surface area contributed by atoms with E-state index in [9.17, 15) is 0 Å². The van der Waals surface area contributed by atoms with E-state index in [4.69, 9.17) is 17.3 Å². The van der Waals surface area contributed by atoms with Crippen molar-refractivity contribution in [3.05, 3.63) is 63.1 Å². The van der Waals surface area contributed by atoms with Crippen LogP contribution in [0, 0.1) is 6.92 Å². The van der Waals surface area contributed by atoms with Crippen LogP contribution in [0.5, 0.6) is 0 Å². The molecule has 0 aliphatic heterocycles. The summed E-state index contributed by atoms with van der Waals surface area (Å²) in [5, 5.41) is 3.91.